The number of nitrogens with two attached hydrogens (primary N) is 1. The number of hydrogen-bond donors (Lipinski definition) is 4. The second kappa shape index (κ2) is 20.4. The van der Waals surface area contributed by atoms with Gasteiger partial charge in [0, 0.05) is 99.5 Å². The number of halogens is 3. The molecule has 4 aliphatic carbocycles. The number of likely N-dealkylation sites (tertiary alicyclic amines) is 3. The van der Waals surface area contributed by atoms with Crippen molar-refractivity contribution < 1.29 is 41.8 Å². The van der Waals surface area contributed by atoms with Gasteiger partial charge in [0.2, 0.25) is 0 Å². The summed E-state index contributed by atoms with van der Waals surface area (Å²) < 4.78 is 57.0. The van der Waals surface area contributed by atoms with E-state index in [0.29, 0.717) is 64.2 Å². The summed E-state index contributed by atoms with van der Waals surface area (Å²) in [5.41, 5.74) is 6.53. The summed E-state index contributed by atoms with van der Waals surface area (Å²) in [4.78, 5) is 49.4. The Morgan fingerprint density at radius 2 is 1.31 bits per heavy atom. The number of carbonyl (C=O) groups excluding carboxylic acids is 3. The first-order valence-corrected chi connectivity index (χ1v) is 26.5. The number of anilines is 1. The molecule has 5 N–H and O–H groups in total. The number of amides is 2. The largest absolute Gasteiger partial charge is 0.444 e. The molecule has 1 aromatic carbocycles. The molecule has 5 aliphatic heterocycles. The molecule has 5 saturated heterocycles. The summed E-state index contributed by atoms with van der Waals surface area (Å²) in [6, 6.07) is 6.89. The predicted octanol–water partition coefficient (Wildman–Crippen LogP) is 7.06. The number of likely N-dealkylation sites (N-methyl/N-ethyl adjacent to an activating group) is 2. The SMILES string of the molecule is CC(C)(C)OC(=O)NC1CNCC12CC2.CN1CC(N)C2(CC2)C1.CN1CC(NC(=O)OC(C)(C)C)C2(CC2)C1.C[C@@H]1CN(c2ccc(C(F)(F)F)c3ncccc23)C[C@H](C(=O)CC2CN(C)CC23CC3)O1. The number of alkyl carbamates (subject to hydrolysis) is 2. The number of aromatic nitrogens is 1. The number of alkyl halides is 3. The van der Waals surface area contributed by atoms with Gasteiger partial charge in [0.05, 0.1) is 35.8 Å². The van der Waals surface area contributed by atoms with Crippen LogP contribution in [0.5, 0.6) is 0 Å². The third kappa shape index (κ3) is 13.2. The number of nitrogens with one attached hydrogen (secondary N) is 3. The molecule has 4 spiro atoms. The molecule has 9 fully saturated rings. The van der Waals surface area contributed by atoms with Gasteiger partial charge in [0.15, 0.2) is 5.78 Å². The maximum Gasteiger partial charge on any atom is 0.418 e. The maximum atomic E-state index is 13.5. The van der Waals surface area contributed by atoms with Gasteiger partial charge in [-0.05, 0) is 162 Å². The minimum atomic E-state index is -4.48. The topological polar surface area (TPSA) is 167 Å². The molecule has 4 saturated carbocycles. The van der Waals surface area contributed by atoms with Gasteiger partial charge in [-0.2, -0.15) is 13.2 Å². The minimum Gasteiger partial charge on any atom is -0.444 e. The molecule has 15 nitrogen and oxygen atoms in total. The number of ether oxygens (including phenoxy) is 3. The first kappa shape index (κ1) is 54.5. The summed E-state index contributed by atoms with van der Waals surface area (Å²) in [5, 5.41) is 9.74. The van der Waals surface area contributed by atoms with Gasteiger partial charge in [0.1, 0.15) is 17.3 Å². The van der Waals surface area contributed by atoms with E-state index < -0.39 is 29.0 Å². The van der Waals surface area contributed by atoms with Crippen LogP contribution in [0, 0.1) is 27.6 Å². The summed E-state index contributed by atoms with van der Waals surface area (Å²) in [6.45, 7) is 22.4. The summed E-state index contributed by atoms with van der Waals surface area (Å²) in [6.07, 6.45) is 6.10. The number of benzene rings is 1. The molecule has 4 unspecified atom stereocenters. The van der Waals surface area contributed by atoms with Gasteiger partial charge in [0.25, 0.3) is 0 Å². The molecule has 0 bridgehead atoms. The van der Waals surface area contributed by atoms with Crippen molar-refractivity contribution in [2.45, 2.75) is 154 Å². The molecular weight excluding hydrogens is 928 g/mol. The van der Waals surface area contributed by atoms with Crippen LogP contribution in [-0.2, 0) is 25.2 Å². The lowest BCUT2D eigenvalue weighted by molar-refractivity contribution is -0.136. The monoisotopic (exact) mass is 1010 g/mol. The molecular formula is C54H84F3N9O6. The molecule has 1 aromatic heterocycles. The van der Waals surface area contributed by atoms with Crippen LogP contribution in [-0.4, -0.2) is 166 Å². The van der Waals surface area contributed by atoms with Crippen LogP contribution in [0.1, 0.15) is 112 Å². The van der Waals surface area contributed by atoms with E-state index in [-0.39, 0.29) is 41.7 Å². The van der Waals surface area contributed by atoms with Crippen molar-refractivity contribution >= 4 is 34.6 Å². The average Bonchev–Trinajstić information content (AvgIpc) is 4.14. The second-order valence-corrected chi connectivity index (χ2v) is 25.4. The quantitative estimate of drug-likeness (QED) is 0.233. The number of pyridine rings is 1. The van der Waals surface area contributed by atoms with E-state index in [2.05, 4.69) is 56.8 Å². The fourth-order valence-corrected chi connectivity index (χ4v) is 12.3. The molecule has 2 amide bonds. The van der Waals surface area contributed by atoms with Crippen molar-refractivity contribution in [1.82, 2.24) is 35.6 Å². The Morgan fingerprint density at radius 3 is 1.85 bits per heavy atom. The van der Waals surface area contributed by atoms with E-state index in [9.17, 15) is 27.6 Å². The van der Waals surface area contributed by atoms with Crippen LogP contribution in [0.25, 0.3) is 10.9 Å². The summed E-state index contributed by atoms with van der Waals surface area (Å²) in [7, 11) is 6.37. The zero-order valence-corrected chi connectivity index (χ0v) is 44.7. The van der Waals surface area contributed by atoms with Crippen molar-refractivity contribution in [3.8, 4) is 0 Å². The Morgan fingerprint density at radius 1 is 0.750 bits per heavy atom. The Bertz CT molecular complexity index is 2270. The van der Waals surface area contributed by atoms with Gasteiger partial charge in [-0.1, -0.05) is 0 Å². The highest BCUT2D eigenvalue weighted by Gasteiger charge is 2.57. The van der Waals surface area contributed by atoms with Gasteiger partial charge in [-0.3, -0.25) is 9.78 Å². The van der Waals surface area contributed by atoms with Crippen molar-refractivity contribution in [3.05, 3.63) is 36.0 Å². The van der Waals surface area contributed by atoms with E-state index >= 15 is 0 Å². The molecule has 2 aromatic rings. The number of hydrogen-bond acceptors (Lipinski definition) is 13. The third-order valence-electron chi connectivity index (χ3n) is 16.7. The average molecular weight is 1010 g/mol. The minimum absolute atomic E-state index is 0.0656. The van der Waals surface area contributed by atoms with Crippen LogP contribution >= 0.6 is 0 Å². The number of nitrogens with zero attached hydrogens (tertiary/aromatic N) is 5. The molecule has 18 heteroatoms. The van der Waals surface area contributed by atoms with Crippen molar-refractivity contribution in [3.63, 3.8) is 0 Å². The second-order valence-electron chi connectivity index (χ2n) is 25.4. The molecule has 11 rings (SSSR count). The van der Waals surface area contributed by atoms with Gasteiger partial charge in [-0.15, -0.1) is 0 Å². The Kier molecular flexibility index (Phi) is 15.4. The van der Waals surface area contributed by atoms with Crippen LogP contribution in [0.15, 0.2) is 30.5 Å². The highest BCUT2D eigenvalue weighted by atomic mass is 19.4. The predicted molar refractivity (Wildman–Crippen MR) is 273 cm³/mol. The fourth-order valence-electron chi connectivity index (χ4n) is 12.3. The van der Waals surface area contributed by atoms with Gasteiger partial charge < -0.3 is 55.5 Å². The Hall–Kier alpha value is -3.81. The van der Waals surface area contributed by atoms with E-state index in [1.165, 1.54) is 70.2 Å². The number of rotatable bonds is 6. The van der Waals surface area contributed by atoms with E-state index in [1.807, 2.05) is 53.4 Å². The number of fused-ring (bicyclic) bond motifs is 1. The number of Topliss-reactive ketones (excluding diaryl/α,β-unsaturated/α-hetero) is 1. The highest BCUT2D eigenvalue weighted by Crippen LogP contribution is 2.57. The zero-order valence-electron chi connectivity index (χ0n) is 44.7. The fraction of sp³-hybridized carbons (Fsp3) is 0.778. The summed E-state index contributed by atoms with van der Waals surface area (Å²) in [5.74, 6) is 0.466. The first-order chi connectivity index (χ1) is 33.6. The van der Waals surface area contributed by atoms with Gasteiger partial charge in [-0.25, -0.2) is 9.59 Å². The summed E-state index contributed by atoms with van der Waals surface area (Å²) >= 11 is 0. The van der Waals surface area contributed by atoms with Crippen LogP contribution in [0.2, 0.25) is 0 Å². The van der Waals surface area contributed by atoms with Crippen molar-refractivity contribution in [2.75, 3.05) is 91.5 Å². The highest BCUT2D eigenvalue weighted by molar-refractivity contribution is 5.95. The van der Waals surface area contributed by atoms with Crippen LogP contribution in [0.4, 0.5) is 28.4 Å². The van der Waals surface area contributed by atoms with E-state index in [1.54, 1.807) is 12.1 Å². The third-order valence-corrected chi connectivity index (χ3v) is 16.7. The Balaban J connectivity index is 0.000000144. The molecule has 0 radical (unpaired) electrons. The maximum absolute atomic E-state index is 13.5. The Labute approximate surface area is 425 Å². The van der Waals surface area contributed by atoms with E-state index in [4.69, 9.17) is 19.9 Å². The number of carbonyl (C=O) groups is 3. The zero-order chi connectivity index (χ0) is 52.2. The van der Waals surface area contributed by atoms with E-state index in [0.717, 1.165) is 51.9 Å². The van der Waals surface area contributed by atoms with Crippen LogP contribution in [0.3, 0.4) is 0 Å². The molecule has 402 valence electrons. The lowest BCUT2D eigenvalue weighted by Crippen LogP contribution is -2.50. The lowest BCUT2D eigenvalue weighted by Gasteiger charge is -2.38. The smallest absolute Gasteiger partial charge is 0.418 e. The van der Waals surface area contributed by atoms with Crippen molar-refractivity contribution in [2.24, 2.45) is 33.3 Å². The van der Waals surface area contributed by atoms with Crippen LogP contribution < -0.4 is 26.6 Å². The lowest BCUT2D eigenvalue weighted by atomic mass is 9.87. The van der Waals surface area contributed by atoms with Gasteiger partial charge >= 0.3 is 18.4 Å². The normalized spacial score (nSPS) is 29.4. The standard InChI is InChI=1S/C24H28F3N3O2.C12H22N2O2.C11H20N2O2.C7H14N2/c1-15-11-30(19-6-5-18(24(25,26)27)22-17(19)4-3-9-28-22)13-21(32-15)20(31)10-16-12-29(2)14-23(16)7-8-23;1-11(2,3)16-10(15)13-9-7-14(4)8-12(9)5-6-12;1-10(2,3)15-9(14)13-8-6-12-7-11(8)4-5-11;1-9-4-6(8)7(5-9)2-3-7/h3-6,9,15-16,21H,7-8,10-14H2,1-2H3;9H,5-8H2,1-4H3,(H,13,15);8,12H,4-7H2,1-3H3,(H,13,14);6H,2-5,8H2,1H3/t15-,16?,21-;;;/m1.../s1. The van der Waals surface area contributed by atoms with Crippen molar-refractivity contribution in [1.29, 1.82) is 0 Å². The molecule has 6 atom stereocenters. The number of morpholine rings is 1. The number of ketones is 1. The molecule has 72 heavy (non-hydrogen) atoms. The first-order valence-electron chi connectivity index (χ1n) is 26.5. The molecule has 9 aliphatic rings. The molecule has 6 heterocycles.